The van der Waals surface area contributed by atoms with Crippen LogP contribution in [0.25, 0.3) is 0 Å². The Kier molecular flexibility index (Phi) is 10.5. The molecule has 0 bridgehead atoms. The lowest BCUT2D eigenvalue weighted by Crippen LogP contribution is -2.62. The van der Waals surface area contributed by atoms with Crippen molar-refractivity contribution in [2.45, 2.75) is 257 Å². The van der Waals surface area contributed by atoms with Crippen LogP contribution in [0.15, 0.2) is 84.9 Å². The number of aryl methyl sites for hydroxylation is 2. The van der Waals surface area contributed by atoms with Crippen LogP contribution in [-0.4, -0.2) is 12.3 Å². The van der Waals surface area contributed by atoms with Gasteiger partial charge in [0.15, 0.2) is 0 Å². The van der Waals surface area contributed by atoms with Crippen molar-refractivity contribution >= 4 is 68.6 Å². The molecule has 2 unspecified atom stereocenters. The van der Waals surface area contributed by atoms with Gasteiger partial charge in [-0.3, -0.25) is 0 Å². The van der Waals surface area contributed by atoms with E-state index in [9.17, 15) is 0 Å². The van der Waals surface area contributed by atoms with Crippen LogP contribution in [0.4, 0.5) is 45.5 Å². The molecule has 0 saturated heterocycles. The summed E-state index contributed by atoms with van der Waals surface area (Å²) in [4.78, 5) is 8.58. The Morgan fingerprint density at radius 2 is 0.700 bits per heavy atom. The van der Waals surface area contributed by atoms with Crippen molar-refractivity contribution in [3.63, 3.8) is 0 Å². The van der Waals surface area contributed by atoms with Gasteiger partial charge in [0.25, 0.3) is 6.71 Å². The minimum absolute atomic E-state index is 0.00883. The molecule has 3 heterocycles. The zero-order chi connectivity index (χ0) is 57.0. The smallest absolute Gasteiger partial charge is 0.252 e. The molecule has 0 spiro atoms. The zero-order valence-electron chi connectivity index (χ0n) is 53.1. The van der Waals surface area contributed by atoms with Crippen LogP contribution in [0, 0.1) is 13.8 Å². The average molecular weight is 1060 g/mol. The van der Waals surface area contributed by atoms with Crippen molar-refractivity contribution in [3.05, 3.63) is 146 Å². The highest BCUT2D eigenvalue weighted by molar-refractivity contribution is 7.00. The molecule has 1 fully saturated rings. The summed E-state index contributed by atoms with van der Waals surface area (Å²) < 4.78 is 0. The molecule has 0 aromatic heterocycles. The fourth-order valence-corrected chi connectivity index (χ4v) is 19.6. The van der Waals surface area contributed by atoms with E-state index in [-0.39, 0.29) is 61.0 Å². The predicted octanol–water partition coefficient (Wildman–Crippen LogP) is 18.7. The van der Waals surface area contributed by atoms with E-state index in [1.807, 2.05) is 0 Å². The summed E-state index contributed by atoms with van der Waals surface area (Å²) in [5, 5.41) is 0. The van der Waals surface area contributed by atoms with E-state index in [0.29, 0.717) is 0 Å². The maximum Gasteiger partial charge on any atom is 0.252 e. The number of fused-ring (bicyclic) bond motifs is 11. The molecule has 8 aliphatic rings. The van der Waals surface area contributed by atoms with Gasteiger partial charge in [-0.05, 0) is 236 Å². The summed E-state index contributed by atoms with van der Waals surface area (Å²) in [6.45, 7) is 50.4. The van der Waals surface area contributed by atoms with Gasteiger partial charge < -0.3 is 14.7 Å². The third-order valence-corrected chi connectivity index (χ3v) is 24.1. The van der Waals surface area contributed by atoms with Crippen molar-refractivity contribution in [2.24, 2.45) is 0 Å². The maximum absolute atomic E-state index is 2.88. The summed E-state index contributed by atoms with van der Waals surface area (Å²) in [6, 6.07) is 36.7. The monoisotopic (exact) mass is 1060 g/mol. The second kappa shape index (κ2) is 15.9. The van der Waals surface area contributed by atoms with Crippen LogP contribution < -0.4 is 31.1 Å². The van der Waals surface area contributed by atoms with Crippen LogP contribution in [0.3, 0.4) is 0 Å². The topological polar surface area (TPSA) is 9.72 Å². The first-order chi connectivity index (χ1) is 37.1. The van der Waals surface area contributed by atoms with Gasteiger partial charge in [0.1, 0.15) is 0 Å². The van der Waals surface area contributed by atoms with E-state index in [2.05, 4.69) is 238 Å². The largest absolute Gasteiger partial charge is 0.334 e. The minimum atomic E-state index is -0.119. The van der Waals surface area contributed by atoms with E-state index in [0.717, 1.165) is 19.3 Å². The lowest BCUT2D eigenvalue weighted by Gasteiger charge is -2.51. The van der Waals surface area contributed by atoms with Crippen molar-refractivity contribution in [1.29, 1.82) is 0 Å². The lowest BCUT2D eigenvalue weighted by atomic mass is 9.33. The highest BCUT2D eigenvalue weighted by atomic mass is 15.3. The Balaban J connectivity index is 1.17. The summed E-state index contributed by atoms with van der Waals surface area (Å²) in [5.74, 6) is 0. The Morgan fingerprint density at radius 3 is 1.14 bits per heavy atom. The minimum Gasteiger partial charge on any atom is -0.334 e. The van der Waals surface area contributed by atoms with Gasteiger partial charge in [-0.1, -0.05) is 173 Å². The number of benzene rings is 6. The quantitative estimate of drug-likeness (QED) is 0.163. The number of anilines is 8. The normalized spacial score (nSPS) is 26.3. The molecule has 0 N–H and O–H groups in total. The van der Waals surface area contributed by atoms with Crippen LogP contribution in [0.5, 0.6) is 0 Å². The summed E-state index contributed by atoms with van der Waals surface area (Å²) in [5.41, 5.74) is 31.9. The fourth-order valence-electron chi connectivity index (χ4n) is 19.6. The first kappa shape index (κ1) is 52.8. The van der Waals surface area contributed by atoms with Crippen LogP contribution >= 0.6 is 0 Å². The Hall–Kier alpha value is -5.22. The summed E-state index contributed by atoms with van der Waals surface area (Å²) in [7, 11) is 0. The van der Waals surface area contributed by atoms with Crippen molar-refractivity contribution in [1.82, 2.24) is 0 Å². The van der Waals surface area contributed by atoms with E-state index >= 15 is 0 Å². The van der Waals surface area contributed by atoms with E-state index in [1.165, 1.54) is 168 Å². The molecule has 0 amide bonds. The van der Waals surface area contributed by atoms with Gasteiger partial charge in [0, 0.05) is 50.9 Å². The third kappa shape index (κ3) is 6.86. The molecule has 6 aromatic rings. The van der Waals surface area contributed by atoms with E-state index in [4.69, 9.17) is 0 Å². The van der Waals surface area contributed by atoms with Crippen LogP contribution in [-0.2, 0) is 48.7 Å². The van der Waals surface area contributed by atoms with Crippen molar-refractivity contribution < 1.29 is 0 Å². The van der Waals surface area contributed by atoms with Gasteiger partial charge in [-0.2, -0.15) is 0 Å². The molecule has 80 heavy (non-hydrogen) atoms. The molecule has 6 aromatic carbocycles. The maximum atomic E-state index is 2.88. The molecule has 3 nitrogen and oxygen atoms in total. The molecule has 3 aliphatic heterocycles. The van der Waals surface area contributed by atoms with Crippen molar-refractivity contribution in [3.8, 4) is 0 Å². The molecule has 14 rings (SSSR count). The van der Waals surface area contributed by atoms with Gasteiger partial charge >= 0.3 is 0 Å². The van der Waals surface area contributed by atoms with E-state index in [1.54, 1.807) is 0 Å². The predicted molar refractivity (Wildman–Crippen MR) is 345 cm³/mol. The molecular weight excluding hydrogens is 966 g/mol. The summed E-state index contributed by atoms with van der Waals surface area (Å²) in [6.07, 6.45) is 11.9. The molecule has 416 valence electrons. The SMILES string of the molecule is Cc1cc2c(cc1N1c3cc4c(cc3B3c5cc6c(cc5N(c5cc7c(cc5C)C(C)(C)CCC7(C)C)c5cc(N7c8ccccc8C8(C)CCCCC78C)cc1c53)C(C)(C)CC6(C)C)C(C)(C)CC4(C)C)C(C)(C)CCC2(C)C. The third-order valence-electron chi connectivity index (χ3n) is 24.1. The Labute approximate surface area is 483 Å². The van der Waals surface area contributed by atoms with Crippen LogP contribution in [0.2, 0.25) is 0 Å². The number of nitrogens with zero attached hydrogens (tertiary/aromatic N) is 3. The zero-order valence-corrected chi connectivity index (χ0v) is 53.1. The van der Waals surface area contributed by atoms with Gasteiger partial charge in [-0.15, -0.1) is 0 Å². The molecule has 1 saturated carbocycles. The lowest BCUT2D eigenvalue weighted by molar-refractivity contribution is 0.195. The van der Waals surface area contributed by atoms with Crippen LogP contribution in [0.1, 0.15) is 250 Å². The molecule has 0 radical (unpaired) electrons. The van der Waals surface area contributed by atoms with Crippen molar-refractivity contribution in [2.75, 3.05) is 14.7 Å². The second-order valence-corrected chi connectivity index (χ2v) is 33.4. The van der Waals surface area contributed by atoms with E-state index < -0.39 is 0 Å². The highest BCUT2D eigenvalue weighted by Gasteiger charge is 2.59. The Bertz CT molecular complexity index is 3530. The first-order valence-corrected chi connectivity index (χ1v) is 31.5. The molecule has 2 atom stereocenters. The standard InChI is InChI=1S/C76H94BN3/c1-45-33-49-53(69(7,8)31-29-67(49,3)4)39-60(45)78-62-41-55-51(71(11,12)43-73(55,15)16)37-57(62)77-58-38-52-56(74(17,18)44-72(52,13)14)42-63(58)79(61-40-54-50(34-46(61)2)68(5,6)30-32-70(54,9)10)65-36-47(35-64(78)66(65)77)80-59-26-22-21-25-48(59)75(19)27-23-24-28-76(75,80)20/h21-22,25-26,33-42H,23-24,27-32,43-44H2,1-20H3. The van der Waals surface area contributed by atoms with Gasteiger partial charge in [0.2, 0.25) is 0 Å². The van der Waals surface area contributed by atoms with Gasteiger partial charge in [-0.25, -0.2) is 0 Å². The van der Waals surface area contributed by atoms with Gasteiger partial charge in [0.05, 0.1) is 5.54 Å². The number of hydrogen-bond acceptors (Lipinski definition) is 3. The summed E-state index contributed by atoms with van der Waals surface area (Å²) >= 11 is 0. The average Bonchev–Trinajstić information content (AvgIpc) is 3.97. The second-order valence-electron chi connectivity index (χ2n) is 33.4. The molecule has 5 aliphatic carbocycles. The number of hydrogen-bond donors (Lipinski definition) is 0. The molecule has 4 heteroatoms. The highest BCUT2D eigenvalue weighted by Crippen LogP contribution is 2.63. The number of rotatable bonds is 3. The first-order valence-electron chi connectivity index (χ1n) is 31.5. The molecular formula is C76H94BN3. The number of para-hydroxylation sites is 1. The Morgan fingerprint density at radius 1 is 0.338 bits per heavy atom. The fraction of sp³-hybridized carbons (Fsp3) is 0.526.